The first-order valence-electron chi connectivity index (χ1n) is 15.8. The van der Waals surface area contributed by atoms with Crippen molar-refractivity contribution < 1.29 is 10.2 Å². The number of phenolic OH excluding ortho intramolecular Hbond substituents is 2. The number of phenols is 2. The van der Waals surface area contributed by atoms with Gasteiger partial charge in [-0.05, 0) is 95.2 Å². The van der Waals surface area contributed by atoms with Gasteiger partial charge in [-0.3, -0.25) is 9.98 Å². The zero-order valence-electron chi connectivity index (χ0n) is 28.0. The minimum atomic E-state index is 0.194. The molecule has 0 aliphatic carbocycles. The standard InChI is InChI=1S/C40H48N2O2/c1-23(2)29-17-31(39(43)33(19-29)25(5)6)21-41-35-15-11-13-27(9)37(35)38-28(10)14-12-16-36(38)42-22-32-18-30(24(3)4)20-34(26(7)8)40(32)44/h11-26,43-44H,1-10H3. The summed E-state index contributed by atoms with van der Waals surface area (Å²) < 4.78 is 0. The van der Waals surface area contributed by atoms with Gasteiger partial charge in [-0.1, -0.05) is 91.8 Å². The van der Waals surface area contributed by atoms with Crippen LogP contribution in [-0.4, -0.2) is 22.6 Å². The highest BCUT2D eigenvalue weighted by molar-refractivity contribution is 5.95. The van der Waals surface area contributed by atoms with Crippen molar-refractivity contribution in [3.8, 4) is 22.6 Å². The van der Waals surface area contributed by atoms with E-state index in [1.807, 2.05) is 36.4 Å². The lowest BCUT2D eigenvalue weighted by Gasteiger charge is -2.17. The minimum absolute atomic E-state index is 0.194. The van der Waals surface area contributed by atoms with Crippen LogP contribution in [0.3, 0.4) is 0 Å². The number of aliphatic imine (C=N–C) groups is 2. The van der Waals surface area contributed by atoms with Gasteiger partial charge in [0.15, 0.2) is 0 Å². The van der Waals surface area contributed by atoms with Crippen LogP contribution in [0, 0.1) is 13.8 Å². The fraction of sp³-hybridized carbons (Fsp3) is 0.350. The van der Waals surface area contributed by atoms with Crippen LogP contribution in [0.2, 0.25) is 0 Å². The summed E-state index contributed by atoms with van der Waals surface area (Å²) in [5, 5.41) is 22.3. The summed E-state index contributed by atoms with van der Waals surface area (Å²) >= 11 is 0. The van der Waals surface area contributed by atoms with Gasteiger partial charge < -0.3 is 10.2 Å². The molecule has 44 heavy (non-hydrogen) atoms. The number of hydrogen-bond acceptors (Lipinski definition) is 4. The van der Waals surface area contributed by atoms with Crippen molar-refractivity contribution in [3.63, 3.8) is 0 Å². The lowest BCUT2D eigenvalue weighted by molar-refractivity contribution is 0.463. The summed E-state index contributed by atoms with van der Waals surface area (Å²) in [6.45, 7) is 21.2. The molecule has 4 rings (SSSR count). The van der Waals surface area contributed by atoms with Crippen LogP contribution in [0.25, 0.3) is 11.1 Å². The fourth-order valence-electron chi connectivity index (χ4n) is 5.60. The van der Waals surface area contributed by atoms with Gasteiger partial charge in [0.05, 0.1) is 11.4 Å². The molecule has 4 heteroatoms. The highest BCUT2D eigenvalue weighted by atomic mass is 16.3. The fourth-order valence-corrected chi connectivity index (χ4v) is 5.60. The third kappa shape index (κ3) is 6.96. The maximum Gasteiger partial charge on any atom is 0.127 e. The Morgan fingerprint density at radius 2 is 0.886 bits per heavy atom. The summed E-state index contributed by atoms with van der Waals surface area (Å²) in [6.07, 6.45) is 3.57. The number of aryl methyl sites for hydroxylation is 2. The second-order valence-corrected chi connectivity index (χ2v) is 13.2. The van der Waals surface area contributed by atoms with Crippen molar-refractivity contribution in [3.05, 3.63) is 105 Å². The van der Waals surface area contributed by atoms with Crippen LogP contribution in [0.15, 0.2) is 70.6 Å². The zero-order valence-corrected chi connectivity index (χ0v) is 28.0. The summed E-state index contributed by atoms with van der Waals surface area (Å²) in [7, 11) is 0. The SMILES string of the molecule is Cc1cccc(N=Cc2cc(C(C)C)cc(C(C)C)c2O)c1-c1c(C)cccc1N=Cc1cc(C(C)C)cc(C(C)C)c1O. The maximum atomic E-state index is 11.1. The summed E-state index contributed by atoms with van der Waals surface area (Å²) in [5.41, 5.74) is 11.4. The molecule has 0 aromatic heterocycles. The Morgan fingerprint density at radius 3 is 1.20 bits per heavy atom. The molecule has 0 fully saturated rings. The van der Waals surface area contributed by atoms with Gasteiger partial charge in [0.1, 0.15) is 11.5 Å². The molecule has 0 atom stereocenters. The molecule has 0 saturated carbocycles. The zero-order chi connectivity index (χ0) is 32.3. The first kappa shape index (κ1) is 32.7. The Kier molecular flexibility index (Phi) is 10.1. The minimum Gasteiger partial charge on any atom is -0.507 e. The van der Waals surface area contributed by atoms with Crippen molar-refractivity contribution in [2.75, 3.05) is 0 Å². The van der Waals surface area contributed by atoms with Crippen LogP contribution in [0.4, 0.5) is 11.4 Å². The highest BCUT2D eigenvalue weighted by Crippen LogP contribution is 2.42. The number of benzene rings is 4. The number of rotatable bonds is 9. The molecule has 0 saturated heterocycles. The molecule has 2 N–H and O–H groups in total. The maximum absolute atomic E-state index is 11.1. The van der Waals surface area contributed by atoms with Crippen molar-refractivity contribution in [2.45, 2.75) is 92.9 Å². The van der Waals surface area contributed by atoms with E-state index < -0.39 is 0 Å². The van der Waals surface area contributed by atoms with Crippen molar-refractivity contribution in [1.29, 1.82) is 0 Å². The molecule has 0 spiro atoms. The summed E-state index contributed by atoms with van der Waals surface area (Å²) in [5.74, 6) is 1.62. The quantitative estimate of drug-likeness (QED) is 0.191. The molecule has 230 valence electrons. The lowest BCUT2D eigenvalue weighted by atomic mass is 9.92. The van der Waals surface area contributed by atoms with E-state index in [9.17, 15) is 10.2 Å². The molecule has 0 unspecified atom stereocenters. The molecule has 4 nitrogen and oxygen atoms in total. The summed E-state index contributed by atoms with van der Waals surface area (Å²) in [4.78, 5) is 9.95. The van der Waals surface area contributed by atoms with Gasteiger partial charge in [0, 0.05) is 34.7 Å². The molecule has 0 aliphatic heterocycles. The van der Waals surface area contributed by atoms with Crippen LogP contribution in [0.1, 0.15) is 124 Å². The van der Waals surface area contributed by atoms with Crippen LogP contribution < -0.4 is 0 Å². The van der Waals surface area contributed by atoms with Crippen LogP contribution in [-0.2, 0) is 0 Å². The van der Waals surface area contributed by atoms with Crippen LogP contribution in [0.5, 0.6) is 11.5 Å². The Morgan fingerprint density at radius 1 is 0.523 bits per heavy atom. The molecule has 4 aromatic rings. The van der Waals surface area contributed by atoms with E-state index in [-0.39, 0.29) is 23.3 Å². The van der Waals surface area contributed by atoms with Crippen LogP contribution >= 0.6 is 0 Å². The van der Waals surface area contributed by atoms with Gasteiger partial charge in [-0.25, -0.2) is 0 Å². The monoisotopic (exact) mass is 588 g/mol. The average molecular weight is 589 g/mol. The lowest BCUT2D eigenvalue weighted by Crippen LogP contribution is -1.98. The molecule has 0 heterocycles. The predicted octanol–water partition coefficient (Wildman–Crippen LogP) is 11.4. The first-order chi connectivity index (χ1) is 20.8. The molecule has 4 aromatic carbocycles. The van der Waals surface area contributed by atoms with E-state index in [0.717, 1.165) is 55.9 Å². The molecular formula is C40H48N2O2. The molecular weight excluding hydrogens is 540 g/mol. The number of nitrogens with zero attached hydrogens (tertiary/aromatic N) is 2. The van der Waals surface area contributed by atoms with Gasteiger partial charge in [-0.15, -0.1) is 0 Å². The number of aromatic hydroxyl groups is 2. The smallest absolute Gasteiger partial charge is 0.127 e. The van der Waals surface area contributed by atoms with E-state index in [2.05, 4.69) is 93.5 Å². The second-order valence-electron chi connectivity index (χ2n) is 13.2. The van der Waals surface area contributed by atoms with Crippen molar-refractivity contribution in [2.24, 2.45) is 9.98 Å². The van der Waals surface area contributed by atoms with E-state index in [0.29, 0.717) is 11.8 Å². The third-order valence-electron chi connectivity index (χ3n) is 8.40. The topological polar surface area (TPSA) is 65.2 Å². The molecule has 0 aliphatic rings. The van der Waals surface area contributed by atoms with Gasteiger partial charge >= 0.3 is 0 Å². The largest absolute Gasteiger partial charge is 0.507 e. The Bertz CT molecular complexity index is 1580. The number of hydrogen-bond donors (Lipinski definition) is 2. The molecule has 0 amide bonds. The Balaban J connectivity index is 1.86. The van der Waals surface area contributed by atoms with E-state index >= 15 is 0 Å². The predicted molar refractivity (Wildman–Crippen MR) is 188 cm³/mol. The van der Waals surface area contributed by atoms with Gasteiger partial charge in [-0.2, -0.15) is 0 Å². The van der Waals surface area contributed by atoms with E-state index in [1.54, 1.807) is 12.4 Å². The molecule has 0 bridgehead atoms. The molecule has 0 radical (unpaired) electrons. The summed E-state index contributed by atoms with van der Waals surface area (Å²) in [6, 6.07) is 20.5. The van der Waals surface area contributed by atoms with Crippen molar-refractivity contribution in [1.82, 2.24) is 0 Å². The third-order valence-corrected chi connectivity index (χ3v) is 8.40. The highest BCUT2D eigenvalue weighted by Gasteiger charge is 2.18. The van der Waals surface area contributed by atoms with E-state index in [1.165, 1.54) is 11.1 Å². The van der Waals surface area contributed by atoms with Gasteiger partial charge in [0.2, 0.25) is 0 Å². The normalized spacial score (nSPS) is 12.2. The van der Waals surface area contributed by atoms with Crippen molar-refractivity contribution >= 4 is 23.8 Å². The average Bonchev–Trinajstić information content (AvgIpc) is 2.96. The van der Waals surface area contributed by atoms with Gasteiger partial charge in [0.25, 0.3) is 0 Å². The Labute approximate surface area is 264 Å². The van der Waals surface area contributed by atoms with E-state index in [4.69, 9.17) is 9.98 Å². The second kappa shape index (κ2) is 13.6. The first-order valence-corrected chi connectivity index (χ1v) is 15.8. The Hall–Kier alpha value is -4.18.